The molecule has 0 aromatic carbocycles. The van der Waals surface area contributed by atoms with Crippen molar-refractivity contribution >= 4 is 23.2 Å². The van der Waals surface area contributed by atoms with Crippen LogP contribution in [0.2, 0.25) is 0 Å². The maximum atomic E-state index is 12.2. The molecule has 24 heavy (non-hydrogen) atoms. The van der Waals surface area contributed by atoms with Gasteiger partial charge in [-0.05, 0) is 74.7 Å². The van der Waals surface area contributed by atoms with Crippen LogP contribution in [0.5, 0.6) is 0 Å². The SMILES string of the molecule is CC(=O)[C@H]1CC[C@H]2[C@@H]3CCC4=CC(=O)CC(Cl)[C@]4(C)[C@H]3CC[C@]12C. The fourth-order valence-corrected chi connectivity index (χ4v) is 7.69. The topological polar surface area (TPSA) is 34.1 Å². The molecule has 132 valence electrons. The highest BCUT2D eigenvalue weighted by atomic mass is 35.5. The standard InChI is InChI=1S/C21H29ClO2/c1-12(23)16-6-7-17-15-5-4-13-10-14(24)11-19(22)21(13,3)18(15)8-9-20(16,17)2/h10,15-19H,4-9,11H2,1-3H3/t15-,16+,17-,18-,19?,20+,21-/m0/s1. The molecule has 7 atom stereocenters. The Bertz CT molecular complexity index is 623. The molecule has 0 aliphatic heterocycles. The number of allylic oxidation sites excluding steroid dienone is 1. The summed E-state index contributed by atoms with van der Waals surface area (Å²) in [5.74, 6) is 2.76. The number of ketones is 2. The Morgan fingerprint density at radius 3 is 2.62 bits per heavy atom. The molecule has 0 radical (unpaired) electrons. The van der Waals surface area contributed by atoms with Crippen LogP contribution in [0.4, 0.5) is 0 Å². The van der Waals surface area contributed by atoms with E-state index in [1.807, 2.05) is 6.08 Å². The van der Waals surface area contributed by atoms with Gasteiger partial charge in [0.05, 0.1) is 5.38 Å². The van der Waals surface area contributed by atoms with Crippen LogP contribution in [0.1, 0.15) is 65.7 Å². The monoisotopic (exact) mass is 348 g/mol. The third-order valence-electron chi connectivity index (χ3n) is 8.50. The molecule has 2 nitrogen and oxygen atoms in total. The average Bonchev–Trinajstić information content (AvgIpc) is 2.86. The molecule has 0 aromatic heterocycles. The number of hydrogen-bond acceptors (Lipinski definition) is 2. The predicted molar refractivity (Wildman–Crippen MR) is 95.9 cm³/mol. The second kappa shape index (κ2) is 5.43. The van der Waals surface area contributed by atoms with Crippen LogP contribution >= 0.6 is 11.6 Å². The molecule has 3 saturated carbocycles. The molecule has 0 heterocycles. The van der Waals surface area contributed by atoms with Gasteiger partial charge in [-0.2, -0.15) is 0 Å². The van der Waals surface area contributed by atoms with Crippen molar-refractivity contribution in [1.82, 2.24) is 0 Å². The summed E-state index contributed by atoms with van der Waals surface area (Å²) in [6.45, 7) is 6.48. The number of Topliss-reactive ketones (excluding diaryl/α,β-unsaturated/α-hetero) is 1. The lowest BCUT2D eigenvalue weighted by Crippen LogP contribution is -2.54. The Hall–Kier alpha value is -0.630. The zero-order chi connectivity index (χ0) is 17.3. The fourth-order valence-electron chi connectivity index (χ4n) is 7.24. The van der Waals surface area contributed by atoms with Gasteiger partial charge in [0.15, 0.2) is 5.78 Å². The number of alkyl halides is 1. The van der Waals surface area contributed by atoms with Crippen LogP contribution in [0, 0.1) is 34.5 Å². The molecule has 0 aromatic rings. The van der Waals surface area contributed by atoms with E-state index in [1.165, 1.54) is 18.4 Å². The molecular formula is C21H29ClO2. The van der Waals surface area contributed by atoms with Crippen molar-refractivity contribution in [2.24, 2.45) is 34.5 Å². The first-order valence-corrected chi connectivity index (χ1v) is 10.1. The van der Waals surface area contributed by atoms with E-state index in [0.717, 1.165) is 25.7 Å². The molecule has 0 saturated heterocycles. The molecule has 3 heteroatoms. The van der Waals surface area contributed by atoms with Crippen molar-refractivity contribution < 1.29 is 9.59 Å². The van der Waals surface area contributed by atoms with Gasteiger partial charge in [0, 0.05) is 17.8 Å². The predicted octanol–water partition coefficient (Wildman–Crippen LogP) is 4.94. The van der Waals surface area contributed by atoms with E-state index in [4.69, 9.17) is 11.6 Å². The molecule has 4 aliphatic carbocycles. The Morgan fingerprint density at radius 1 is 1.17 bits per heavy atom. The third kappa shape index (κ3) is 2.08. The van der Waals surface area contributed by atoms with Crippen LogP contribution in [0.15, 0.2) is 11.6 Å². The number of halogens is 1. The number of fused-ring (bicyclic) bond motifs is 5. The van der Waals surface area contributed by atoms with Gasteiger partial charge in [0.25, 0.3) is 0 Å². The van der Waals surface area contributed by atoms with Crippen molar-refractivity contribution in [2.75, 3.05) is 0 Å². The van der Waals surface area contributed by atoms with Gasteiger partial charge in [-0.15, -0.1) is 11.6 Å². The van der Waals surface area contributed by atoms with E-state index in [9.17, 15) is 9.59 Å². The second-order valence-electron chi connectivity index (χ2n) is 9.29. The molecule has 1 unspecified atom stereocenters. The van der Waals surface area contributed by atoms with Crippen LogP contribution in [0.3, 0.4) is 0 Å². The van der Waals surface area contributed by atoms with Crippen LogP contribution in [-0.4, -0.2) is 16.9 Å². The number of rotatable bonds is 1. The summed E-state index contributed by atoms with van der Waals surface area (Å²) < 4.78 is 0. The summed E-state index contributed by atoms with van der Waals surface area (Å²) in [7, 11) is 0. The Kier molecular flexibility index (Phi) is 3.81. The van der Waals surface area contributed by atoms with Crippen molar-refractivity contribution in [3.63, 3.8) is 0 Å². The smallest absolute Gasteiger partial charge is 0.157 e. The number of carbonyl (C=O) groups excluding carboxylic acids is 2. The average molecular weight is 349 g/mol. The molecule has 0 bridgehead atoms. The first-order valence-electron chi connectivity index (χ1n) is 9.67. The van der Waals surface area contributed by atoms with E-state index in [-0.39, 0.29) is 27.9 Å². The Labute approximate surface area is 150 Å². The zero-order valence-corrected chi connectivity index (χ0v) is 15.9. The lowest BCUT2D eigenvalue weighted by atomic mass is 9.46. The Balaban J connectivity index is 1.70. The molecule has 0 amide bonds. The van der Waals surface area contributed by atoms with E-state index in [2.05, 4.69) is 13.8 Å². The summed E-state index contributed by atoms with van der Waals surface area (Å²) in [4.78, 5) is 24.2. The lowest BCUT2D eigenvalue weighted by Gasteiger charge is -2.59. The van der Waals surface area contributed by atoms with Gasteiger partial charge in [-0.1, -0.05) is 19.4 Å². The van der Waals surface area contributed by atoms with E-state index >= 15 is 0 Å². The minimum Gasteiger partial charge on any atom is -0.300 e. The molecule has 0 N–H and O–H groups in total. The van der Waals surface area contributed by atoms with Crippen LogP contribution in [0.25, 0.3) is 0 Å². The summed E-state index contributed by atoms with van der Waals surface area (Å²) >= 11 is 6.79. The summed E-state index contributed by atoms with van der Waals surface area (Å²) in [5, 5.41) is -0.0628. The highest BCUT2D eigenvalue weighted by Gasteiger charge is 2.61. The van der Waals surface area contributed by atoms with E-state index in [0.29, 0.717) is 30.0 Å². The first kappa shape index (κ1) is 16.8. The normalized spacial score (nSPS) is 50.6. The van der Waals surface area contributed by atoms with Gasteiger partial charge in [0.2, 0.25) is 0 Å². The minimum atomic E-state index is -0.0628. The number of hydrogen-bond donors (Lipinski definition) is 0. The van der Waals surface area contributed by atoms with E-state index in [1.54, 1.807) is 6.92 Å². The lowest BCUT2D eigenvalue weighted by molar-refractivity contribution is -0.128. The molecular weight excluding hydrogens is 320 g/mol. The third-order valence-corrected chi connectivity index (χ3v) is 9.11. The fraction of sp³-hybridized carbons (Fsp3) is 0.810. The van der Waals surface area contributed by atoms with Gasteiger partial charge < -0.3 is 0 Å². The highest BCUT2D eigenvalue weighted by molar-refractivity contribution is 6.23. The Morgan fingerprint density at radius 2 is 1.92 bits per heavy atom. The largest absolute Gasteiger partial charge is 0.300 e. The van der Waals surface area contributed by atoms with Crippen LogP contribution < -0.4 is 0 Å². The van der Waals surface area contributed by atoms with Gasteiger partial charge >= 0.3 is 0 Å². The van der Waals surface area contributed by atoms with Crippen molar-refractivity contribution in [1.29, 1.82) is 0 Å². The summed E-state index contributed by atoms with van der Waals surface area (Å²) in [6, 6.07) is 0. The molecule has 0 spiro atoms. The molecule has 3 fully saturated rings. The minimum absolute atomic E-state index is 0.0198. The number of carbonyl (C=O) groups is 2. The van der Waals surface area contributed by atoms with Crippen molar-refractivity contribution in [2.45, 2.75) is 71.1 Å². The first-order chi connectivity index (χ1) is 11.3. The molecule has 4 rings (SSSR count). The van der Waals surface area contributed by atoms with Crippen molar-refractivity contribution in [3.05, 3.63) is 11.6 Å². The van der Waals surface area contributed by atoms with Crippen LogP contribution in [-0.2, 0) is 9.59 Å². The van der Waals surface area contributed by atoms with Gasteiger partial charge in [-0.3, -0.25) is 9.59 Å². The zero-order valence-electron chi connectivity index (χ0n) is 15.1. The van der Waals surface area contributed by atoms with Gasteiger partial charge in [0.1, 0.15) is 5.78 Å². The van der Waals surface area contributed by atoms with Crippen molar-refractivity contribution in [3.8, 4) is 0 Å². The maximum Gasteiger partial charge on any atom is 0.157 e. The second-order valence-corrected chi connectivity index (χ2v) is 9.82. The summed E-state index contributed by atoms with van der Waals surface area (Å²) in [6.07, 6.45) is 9.16. The van der Waals surface area contributed by atoms with E-state index < -0.39 is 0 Å². The quantitative estimate of drug-likeness (QED) is 0.629. The maximum absolute atomic E-state index is 12.2. The summed E-state index contributed by atoms with van der Waals surface area (Å²) in [5.41, 5.74) is 1.48. The van der Waals surface area contributed by atoms with Gasteiger partial charge in [-0.25, -0.2) is 0 Å². The highest BCUT2D eigenvalue weighted by Crippen LogP contribution is 2.67. The molecule has 4 aliphatic rings.